The number of hydrogen-bond donors (Lipinski definition) is 2. The van der Waals surface area contributed by atoms with E-state index >= 15 is 0 Å². The molecule has 228 valence electrons. The lowest BCUT2D eigenvalue weighted by molar-refractivity contribution is -0.121. The van der Waals surface area contributed by atoms with Gasteiger partial charge in [0.1, 0.15) is 5.75 Å². The molecule has 0 aliphatic heterocycles. The van der Waals surface area contributed by atoms with Crippen LogP contribution in [0.2, 0.25) is 0 Å². The first-order valence-electron chi connectivity index (χ1n) is 14.8. The van der Waals surface area contributed by atoms with Crippen LogP contribution < -0.4 is 15.4 Å². The first-order valence-corrected chi connectivity index (χ1v) is 15.2. The molecule has 0 aliphatic rings. The third-order valence-corrected chi connectivity index (χ3v) is 8.28. The summed E-state index contributed by atoms with van der Waals surface area (Å²) in [6.07, 6.45) is 4.58. The zero-order valence-electron chi connectivity index (χ0n) is 25.8. The Balaban J connectivity index is 1.49. The van der Waals surface area contributed by atoms with Gasteiger partial charge in [0.2, 0.25) is 5.91 Å². The van der Waals surface area contributed by atoms with Crippen LogP contribution in [0.25, 0.3) is 0 Å². The van der Waals surface area contributed by atoms with Gasteiger partial charge < -0.3 is 24.8 Å². The molecule has 8 nitrogen and oxygen atoms in total. The number of ether oxygens (including phenoxy) is 1. The van der Waals surface area contributed by atoms with Crippen molar-refractivity contribution >= 4 is 28.9 Å². The number of nitriles is 1. The minimum Gasteiger partial charge on any atom is -0.497 e. The second-order valence-electron chi connectivity index (χ2n) is 11.0. The van der Waals surface area contributed by atoms with Gasteiger partial charge in [0, 0.05) is 43.3 Å². The molecule has 0 aliphatic carbocycles. The molecule has 1 aromatic heterocycles. The monoisotopic (exact) mass is 608 g/mol. The Morgan fingerprint density at radius 1 is 1.11 bits per heavy atom. The lowest BCUT2D eigenvalue weighted by atomic mass is 9.98. The molecule has 3 aromatic carbocycles. The second kappa shape index (κ2) is 15.7. The van der Waals surface area contributed by atoms with Gasteiger partial charge in [-0.05, 0) is 78.1 Å². The second-order valence-corrected chi connectivity index (χ2v) is 11.4. The van der Waals surface area contributed by atoms with E-state index in [2.05, 4.69) is 59.5 Å². The molecular weight excluding hydrogens is 568 g/mol. The predicted molar refractivity (Wildman–Crippen MR) is 178 cm³/mol. The van der Waals surface area contributed by atoms with Gasteiger partial charge in [-0.3, -0.25) is 4.79 Å². The van der Waals surface area contributed by atoms with Gasteiger partial charge in [0.15, 0.2) is 5.11 Å². The molecule has 2 atom stereocenters. The maximum atomic E-state index is 13.5. The van der Waals surface area contributed by atoms with Gasteiger partial charge in [-0.2, -0.15) is 5.26 Å². The molecule has 44 heavy (non-hydrogen) atoms. The summed E-state index contributed by atoms with van der Waals surface area (Å²) in [5.74, 6) is 0.920. The number of rotatable bonds is 13. The van der Waals surface area contributed by atoms with Gasteiger partial charge >= 0.3 is 0 Å². The van der Waals surface area contributed by atoms with Gasteiger partial charge in [-0.1, -0.05) is 56.7 Å². The number of benzene rings is 3. The number of aromatic nitrogens is 2. The van der Waals surface area contributed by atoms with Crippen LogP contribution in [0.5, 0.6) is 5.75 Å². The van der Waals surface area contributed by atoms with Crippen LogP contribution >= 0.6 is 12.2 Å². The summed E-state index contributed by atoms with van der Waals surface area (Å²) in [5.41, 5.74) is 5.70. The van der Waals surface area contributed by atoms with Crippen LogP contribution in [-0.4, -0.2) is 45.2 Å². The van der Waals surface area contributed by atoms with Crippen LogP contribution in [0.3, 0.4) is 0 Å². The van der Waals surface area contributed by atoms with E-state index < -0.39 is 0 Å². The van der Waals surface area contributed by atoms with Crippen LogP contribution in [0, 0.1) is 24.2 Å². The van der Waals surface area contributed by atoms with E-state index in [9.17, 15) is 4.79 Å². The highest BCUT2D eigenvalue weighted by molar-refractivity contribution is 7.80. The SMILES string of the molecule is CC[C@H](C)[C@@H](CN(Cc1ccccc1C)C(=S)Nc1ccc(OC)cc1)NC(=O)Cc1cncn1Cc1ccc(C#N)cc1. The highest BCUT2D eigenvalue weighted by Gasteiger charge is 2.24. The molecule has 0 fully saturated rings. The fraction of sp³-hybridized carbons (Fsp3) is 0.314. The lowest BCUT2D eigenvalue weighted by Gasteiger charge is -2.33. The Bertz CT molecular complexity index is 1580. The fourth-order valence-electron chi connectivity index (χ4n) is 4.92. The van der Waals surface area contributed by atoms with Crippen molar-refractivity contribution in [3.05, 3.63) is 113 Å². The van der Waals surface area contributed by atoms with Crippen molar-refractivity contribution in [2.45, 2.75) is 52.7 Å². The minimum absolute atomic E-state index is 0.0678. The highest BCUT2D eigenvalue weighted by Crippen LogP contribution is 2.19. The Morgan fingerprint density at radius 2 is 1.84 bits per heavy atom. The topological polar surface area (TPSA) is 95.2 Å². The third kappa shape index (κ3) is 8.91. The van der Waals surface area contributed by atoms with E-state index in [1.165, 1.54) is 11.1 Å². The number of carbonyl (C=O) groups excluding carboxylic acids is 1. The van der Waals surface area contributed by atoms with Gasteiger partial charge in [-0.25, -0.2) is 4.98 Å². The number of methoxy groups -OCH3 is 1. The summed E-state index contributed by atoms with van der Waals surface area (Å²) in [7, 11) is 1.64. The van der Waals surface area contributed by atoms with Gasteiger partial charge in [-0.15, -0.1) is 0 Å². The number of thiocarbonyl (C=S) groups is 1. The number of anilines is 1. The average Bonchev–Trinajstić information content (AvgIpc) is 3.47. The molecule has 2 N–H and O–H groups in total. The lowest BCUT2D eigenvalue weighted by Crippen LogP contribution is -2.50. The summed E-state index contributed by atoms with van der Waals surface area (Å²) in [6, 6.07) is 25.4. The number of imidazole rings is 1. The van der Waals surface area contributed by atoms with Crippen molar-refractivity contribution in [2.24, 2.45) is 5.92 Å². The molecule has 9 heteroatoms. The summed E-state index contributed by atoms with van der Waals surface area (Å²) >= 11 is 5.95. The maximum absolute atomic E-state index is 13.5. The number of amides is 1. The van der Waals surface area contributed by atoms with Crippen molar-refractivity contribution in [3.8, 4) is 11.8 Å². The molecule has 0 bridgehead atoms. The standard InChI is InChI=1S/C35H40N6O2S/c1-5-25(2)33(39-34(42)18-31-20-37-24-41(31)21-28-12-10-27(19-36)11-13-28)23-40(22-29-9-7-6-8-26(29)3)35(44)38-30-14-16-32(43-4)17-15-30/h6-17,20,24-25,33H,5,18,21-23H2,1-4H3,(H,38,44)(H,39,42)/t25-,33+/m0/s1. The average molecular weight is 609 g/mol. The first-order chi connectivity index (χ1) is 21.3. The molecular formula is C35H40N6O2S. The molecule has 4 aromatic rings. The molecule has 0 unspecified atom stereocenters. The Hall–Kier alpha value is -4.68. The van der Waals surface area contributed by atoms with Crippen molar-refractivity contribution in [3.63, 3.8) is 0 Å². The molecule has 1 amide bonds. The van der Waals surface area contributed by atoms with Crippen molar-refractivity contribution in [1.29, 1.82) is 5.26 Å². The van der Waals surface area contributed by atoms with Crippen molar-refractivity contribution in [2.75, 3.05) is 19.0 Å². The van der Waals surface area contributed by atoms with Crippen LogP contribution in [0.15, 0.2) is 85.3 Å². The Kier molecular flexibility index (Phi) is 11.5. The smallest absolute Gasteiger partial charge is 0.226 e. The number of carbonyl (C=O) groups is 1. The number of aryl methyl sites for hydroxylation is 1. The largest absolute Gasteiger partial charge is 0.497 e. The van der Waals surface area contributed by atoms with Crippen molar-refractivity contribution in [1.82, 2.24) is 19.8 Å². The third-order valence-electron chi connectivity index (χ3n) is 7.92. The molecule has 0 saturated heterocycles. The van der Waals surface area contributed by atoms with E-state index in [0.29, 0.717) is 30.3 Å². The van der Waals surface area contributed by atoms with Crippen molar-refractivity contribution < 1.29 is 9.53 Å². The fourth-order valence-corrected chi connectivity index (χ4v) is 5.18. The Labute approximate surface area is 265 Å². The van der Waals surface area contributed by atoms with E-state index in [0.717, 1.165) is 29.1 Å². The molecule has 4 rings (SSSR count). The summed E-state index contributed by atoms with van der Waals surface area (Å²) in [6.45, 7) is 8.11. The molecule has 0 radical (unpaired) electrons. The zero-order chi connectivity index (χ0) is 31.5. The zero-order valence-corrected chi connectivity index (χ0v) is 26.6. The highest BCUT2D eigenvalue weighted by atomic mass is 32.1. The number of hydrogen-bond acceptors (Lipinski definition) is 5. The predicted octanol–water partition coefficient (Wildman–Crippen LogP) is 6.09. The molecule has 0 saturated carbocycles. The quantitative estimate of drug-likeness (QED) is 0.177. The van der Waals surface area contributed by atoms with Crippen LogP contribution in [0.4, 0.5) is 5.69 Å². The van der Waals surface area contributed by atoms with Crippen LogP contribution in [0.1, 0.15) is 48.2 Å². The minimum atomic E-state index is -0.137. The number of nitrogens with zero attached hydrogens (tertiary/aromatic N) is 4. The summed E-state index contributed by atoms with van der Waals surface area (Å²) in [5, 5.41) is 16.4. The molecule has 1 heterocycles. The van der Waals surface area contributed by atoms with Crippen LogP contribution in [-0.2, 0) is 24.3 Å². The summed E-state index contributed by atoms with van der Waals surface area (Å²) in [4.78, 5) is 19.9. The summed E-state index contributed by atoms with van der Waals surface area (Å²) < 4.78 is 7.27. The first kappa shape index (κ1) is 32.2. The normalized spacial score (nSPS) is 12.1. The van der Waals surface area contributed by atoms with E-state index in [-0.39, 0.29) is 24.3 Å². The Morgan fingerprint density at radius 3 is 2.50 bits per heavy atom. The number of nitrogens with one attached hydrogen (secondary N) is 2. The van der Waals surface area contributed by atoms with Gasteiger partial charge in [0.05, 0.1) is 31.5 Å². The van der Waals surface area contributed by atoms with Gasteiger partial charge in [0.25, 0.3) is 0 Å². The van der Waals surface area contributed by atoms with E-state index in [1.54, 1.807) is 31.8 Å². The molecule has 0 spiro atoms. The van der Waals surface area contributed by atoms with E-state index in [4.69, 9.17) is 22.2 Å². The van der Waals surface area contributed by atoms with E-state index in [1.807, 2.05) is 53.1 Å². The maximum Gasteiger partial charge on any atom is 0.226 e.